The van der Waals surface area contributed by atoms with E-state index < -0.39 is 0 Å². The number of nitrogens with one attached hydrogen (secondary N) is 1. The minimum atomic E-state index is 0.221. The molecule has 3 nitrogen and oxygen atoms in total. The predicted molar refractivity (Wildman–Crippen MR) is 79.5 cm³/mol. The van der Waals surface area contributed by atoms with Crippen LogP contribution in [0.25, 0.3) is 0 Å². The van der Waals surface area contributed by atoms with Crippen molar-refractivity contribution in [2.24, 2.45) is 0 Å². The lowest BCUT2D eigenvalue weighted by atomic mass is 10.0. The zero-order valence-corrected chi connectivity index (χ0v) is 12.0. The van der Waals surface area contributed by atoms with Crippen LogP contribution in [-0.2, 0) is 4.79 Å². The van der Waals surface area contributed by atoms with Gasteiger partial charge in [-0.05, 0) is 36.8 Å². The molecular weight excluding hydrogens is 236 g/mol. The molecule has 1 N–H and O–H groups in total. The smallest absolute Gasteiger partial charge is 0.241 e. The lowest BCUT2D eigenvalue weighted by Crippen LogP contribution is -2.39. The summed E-state index contributed by atoms with van der Waals surface area (Å²) in [5.74, 6) is 0.687. The van der Waals surface area contributed by atoms with Gasteiger partial charge < -0.3 is 10.2 Å². The second-order valence-electron chi connectivity index (χ2n) is 5.54. The zero-order valence-electron chi connectivity index (χ0n) is 12.0. The third-order valence-corrected chi connectivity index (χ3v) is 3.72. The predicted octanol–water partition coefficient (Wildman–Crippen LogP) is 3.23. The van der Waals surface area contributed by atoms with E-state index in [1.807, 2.05) is 17.0 Å². The van der Waals surface area contributed by atoms with Crippen LogP contribution in [0.5, 0.6) is 0 Å². The molecule has 1 heterocycles. The number of hydrogen-bond acceptors (Lipinski definition) is 2. The number of piperidine rings is 1. The van der Waals surface area contributed by atoms with Gasteiger partial charge in [-0.1, -0.05) is 32.0 Å². The molecule has 0 unspecified atom stereocenters. The van der Waals surface area contributed by atoms with Gasteiger partial charge in [0.25, 0.3) is 0 Å². The normalized spacial score (nSPS) is 15.6. The van der Waals surface area contributed by atoms with E-state index in [0.29, 0.717) is 12.5 Å². The van der Waals surface area contributed by atoms with E-state index in [9.17, 15) is 4.79 Å². The van der Waals surface area contributed by atoms with Crippen molar-refractivity contribution >= 4 is 11.6 Å². The zero-order chi connectivity index (χ0) is 13.7. The molecule has 2 rings (SSSR count). The number of rotatable bonds is 4. The van der Waals surface area contributed by atoms with Crippen molar-refractivity contribution in [2.75, 3.05) is 25.0 Å². The van der Waals surface area contributed by atoms with E-state index in [1.54, 1.807) is 0 Å². The third-order valence-electron chi connectivity index (χ3n) is 3.72. The number of carbonyl (C=O) groups is 1. The molecule has 0 bridgehead atoms. The topological polar surface area (TPSA) is 32.3 Å². The Morgan fingerprint density at radius 2 is 1.89 bits per heavy atom. The van der Waals surface area contributed by atoms with Crippen molar-refractivity contribution < 1.29 is 4.79 Å². The van der Waals surface area contributed by atoms with E-state index in [4.69, 9.17) is 0 Å². The summed E-state index contributed by atoms with van der Waals surface area (Å²) < 4.78 is 0. The van der Waals surface area contributed by atoms with Crippen LogP contribution in [0.1, 0.15) is 44.6 Å². The van der Waals surface area contributed by atoms with Gasteiger partial charge in [0.2, 0.25) is 5.91 Å². The molecule has 0 radical (unpaired) electrons. The summed E-state index contributed by atoms with van der Waals surface area (Å²) in [6.45, 7) is 6.60. The first-order valence-electron chi connectivity index (χ1n) is 7.29. The van der Waals surface area contributed by atoms with Crippen LogP contribution in [-0.4, -0.2) is 30.4 Å². The number of benzene rings is 1. The molecule has 0 aromatic heterocycles. The van der Waals surface area contributed by atoms with Gasteiger partial charge in [0.05, 0.1) is 6.54 Å². The molecule has 3 heteroatoms. The Labute approximate surface area is 116 Å². The SMILES string of the molecule is CC(C)c1ccccc1NCC(=O)N1CCCCC1. The lowest BCUT2D eigenvalue weighted by Gasteiger charge is -2.27. The molecule has 19 heavy (non-hydrogen) atoms. The first kappa shape index (κ1) is 13.9. The van der Waals surface area contributed by atoms with Crippen molar-refractivity contribution in [3.63, 3.8) is 0 Å². The van der Waals surface area contributed by atoms with Crippen LogP contribution in [0.2, 0.25) is 0 Å². The molecule has 0 aliphatic carbocycles. The van der Waals surface area contributed by atoms with Gasteiger partial charge in [-0.25, -0.2) is 0 Å². The number of likely N-dealkylation sites (tertiary alicyclic amines) is 1. The van der Waals surface area contributed by atoms with E-state index in [-0.39, 0.29) is 5.91 Å². The molecule has 104 valence electrons. The second-order valence-corrected chi connectivity index (χ2v) is 5.54. The molecule has 1 aromatic rings. The van der Waals surface area contributed by atoms with Crippen molar-refractivity contribution in [3.05, 3.63) is 29.8 Å². The standard InChI is InChI=1S/C16H24N2O/c1-13(2)14-8-4-5-9-15(14)17-12-16(19)18-10-6-3-7-11-18/h4-5,8-9,13,17H,3,6-7,10-12H2,1-2H3. The summed E-state index contributed by atoms with van der Waals surface area (Å²) in [6, 6.07) is 8.24. The van der Waals surface area contributed by atoms with Crippen molar-refractivity contribution in [3.8, 4) is 0 Å². The Balaban J connectivity index is 1.93. The molecular formula is C16H24N2O. The summed E-state index contributed by atoms with van der Waals surface area (Å²) >= 11 is 0. The summed E-state index contributed by atoms with van der Waals surface area (Å²) in [7, 11) is 0. The Kier molecular flexibility index (Phi) is 4.83. The van der Waals surface area contributed by atoms with Crippen molar-refractivity contribution in [2.45, 2.75) is 39.0 Å². The monoisotopic (exact) mass is 260 g/mol. The van der Waals surface area contributed by atoms with Crippen LogP contribution in [0.3, 0.4) is 0 Å². The minimum absolute atomic E-state index is 0.221. The largest absolute Gasteiger partial charge is 0.376 e. The molecule has 1 aliphatic rings. The number of anilines is 1. The molecule has 0 spiro atoms. The van der Waals surface area contributed by atoms with Gasteiger partial charge >= 0.3 is 0 Å². The maximum atomic E-state index is 12.1. The first-order chi connectivity index (χ1) is 9.18. The summed E-state index contributed by atoms with van der Waals surface area (Å²) in [6.07, 6.45) is 3.55. The van der Waals surface area contributed by atoms with Gasteiger partial charge in [-0.3, -0.25) is 4.79 Å². The molecule has 0 saturated carbocycles. The summed E-state index contributed by atoms with van der Waals surface area (Å²) in [4.78, 5) is 14.1. The number of nitrogens with zero attached hydrogens (tertiary/aromatic N) is 1. The molecule has 1 fully saturated rings. The Bertz CT molecular complexity index is 423. The van der Waals surface area contributed by atoms with Crippen LogP contribution < -0.4 is 5.32 Å². The van der Waals surface area contributed by atoms with Crippen LogP contribution in [0.15, 0.2) is 24.3 Å². The van der Waals surface area contributed by atoms with Crippen molar-refractivity contribution in [1.29, 1.82) is 0 Å². The van der Waals surface area contributed by atoms with E-state index >= 15 is 0 Å². The fraction of sp³-hybridized carbons (Fsp3) is 0.562. The Morgan fingerprint density at radius 1 is 1.21 bits per heavy atom. The van der Waals surface area contributed by atoms with Gasteiger partial charge in [0.15, 0.2) is 0 Å². The lowest BCUT2D eigenvalue weighted by molar-refractivity contribution is -0.130. The van der Waals surface area contributed by atoms with E-state index in [2.05, 4.69) is 31.3 Å². The molecule has 1 aliphatic heterocycles. The highest BCUT2D eigenvalue weighted by Gasteiger charge is 2.16. The molecule has 0 atom stereocenters. The highest BCUT2D eigenvalue weighted by molar-refractivity contribution is 5.81. The number of para-hydroxylation sites is 1. The quantitative estimate of drug-likeness (QED) is 0.901. The Morgan fingerprint density at radius 3 is 2.58 bits per heavy atom. The summed E-state index contributed by atoms with van der Waals surface area (Å²) in [5, 5.41) is 3.30. The first-order valence-corrected chi connectivity index (χ1v) is 7.29. The van der Waals surface area contributed by atoms with Crippen molar-refractivity contribution in [1.82, 2.24) is 4.90 Å². The summed E-state index contributed by atoms with van der Waals surface area (Å²) in [5.41, 5.74) is 2.36. The second kappa shape index (κ2) is 6.60. The van der Waals surface area contributed by atoms with Crippen LogP contribution in [0.4, 0.5) is 5.69 Å². The molecule has 1 aromatic carbocycles. The fourth-order valence-electron chi connectivity index (χ4n) is 2.59. The van der Waals surface area contributed by atoms with E-state index in [0.717, 1.165) is 31.6 Å². The van der Waals surface area contributed by atoms with Gasteiger partial charge in [-0.15, -0.1) is 0 Å². The van der Waals surface area contributed by atoms with Crippen LogP contribution >= 0.6 is 0 Å². The number of amides is 1. The maximum absolute atomic E-state index is 12.1. The number of hydrogen-bond donors (Lipinski definition) is 1. The third kappa shape index (κ3) is 3.72. The Hall–Kier alpha value is -1.51. The van der Waals surface area contributed by atoms with Gasteiger partial charge in [0.1, 0.15) is 0 Å². The van der Waals surface area contributed by atoms with Crippen LogP contribution in [0, 0.1) is 0 Å². The highest BCUT2D eigenvalue weighted by atomic mass is 16.2. The molecule has 1 amide bonds. The van der Waals surface area contributed by atoms with Gasteiger partial charge in [-0.2, -0.15) is 0 Å². The van der Waals surface area contributed by atoms with E-state index in [1.165, 1.54) is 12.0 Å². The highest BCUT2D eigenvalue weighted by Crippen LogP contribution is 2.23. The number of carbonyl (C=O) groups excluding carboxylic acids is 1. The minimum Gasteiger partial charge on any atom is -0.376 e. The fourth-order valence-corrected chi connectivity index (χ4v) is 2.59. The van der Waals surface area contributed by atoms with Gasteiger partial charge in [0, 0.05) is 18.8 Å². The average Bonchev–Trinajstić information content (AvgIpc) is 2.46. The molecule has 1 saturated heterocycles. The maximum Gasteiger partial charge on any atom is 0.241 e. The average molecular weight is 260 g/mol.